The average Bonchev–Trinajstić information content (AvgIpc) is 2.70. The first kappa shape index (κ1) is 27.9. The Labute approximate surface area is 194 Å². The lowest BCUT2D eigenvalue weighted by Gasteiger charge is -2.23. The molecule has 1 nitrogen and oxygen atoms in total. The minimum absolute atomic E-state index is 0.252. The maximum absolute atomic E-state index is 12.7. The fourth-order valence-electron chi connectivity index (χ4n) is 4.89. The van der Waals surface area contributed by atoms with Crippen molar-refractivity contribution in [3.8, 4) is 0 Å². The van der Waals surface area contributed by atoms with Gasteiger partial charge in [0.1, 0.15) is 0 Å². The van der Waals surface area contributed by atoms with Crippen LogP contribution < -0.4 is 0 Å². The van der Waals surface area contributed by atoms with Crippen molar-refractivity contribution in [1.82, 2.24) is 0 Å². The third-order valence-corrected chi connectivity index (χ3v) is 7.69. The normalized spacial score (nSPS) is 18.2. The molecule has 1 rings (SSSR count). The highest BCUT2D eigenvalue weighted by Crippen LogP contribution is 2.34. The van der Waals surface area contributed by atoms with Gasteiger partial charge < -0.3 is 0 Å². The van der Waals surface area contributed by atoms with E-state index in [0.29, 0.717) is 5.92 Å². The molecular formula is C30H52O. The molecule has 0 aromatic heterocycles. The van der Waals surface area contributed by atoms with E-state index in [4.69, 9.17) is 0 Å². The quantitative estimate of drug-likeness (QED) is 0.254. The summed E-state index contributed by atoms with van der Waals surface area (Å²) in [5.41, 5.74) is 5.14. The van der Waals surface area contributed by atoms with Gasteiger partial charge >= 0.3 is 0 Å². The lowest BCUT2D eigenvalue weighted by atomic mass is 9.81. The molecule has 0 bridgehead atoms. The molecule has 0 aliphatic heterocycles. The number of Topliss-reactive ketones (excluding diaryl/α,β-unsaturated/α-hetero) is 1. The Balaban J connectivity index is 2.22. The standard InChI is InChI=1S/C30H52O/c1-21(2)13-10-14-22(3)15-11-16-23(4)17-12-18-24(5)19-20-29-27(8)25(6)26(7)28(9)30(29)31/h21-24H,6,10-20H2,1-5,7-9H3/t22-,23-,24?/m1/s1. The van der Waals surface area contributed by atoms with Gasteiger partial charge in [0.15, 0.2) is 5.78 Å². The maximum Gasteiger partial charge on any atom is 0.185 e. The van der Waals surface area contributed by atoms with Crippen LogP contribution in [0.1, 0.15) is 126 Å². The zero-order valence-corrected chi connectivity index (χ0v) is 22.2. The van der Waals surface area contributed by atoms with E-state index in [1.807, 2.05) is 13.8 Å². The van der Waals surface area contributed by atoms with E-state index in [2.05, 4.69) is 48.1 Å². The highest BCUT2D eigenvalue weighted by molar-refractivity contribution is 6.11. The number of rotatable bonds is 15. The number of allylic oxidation sites excluding steroid dienone is 5. The van der Waals surface area contributed by atoms with Crippen LogP contribution in [0.4, 0.5) is 0 Å². The Morgan fingerprint density at radius 2 is 1.03 bits per heavy atom. The molecule has 0 heterocycles. The number of ketones is 1. The van der Waals surface area contributed by atoms with E-state index in [1.165, 1.54) is 57.8 Å². The Morgan fingerprint density at radius 1 is 0.613 bits per heavy atom. The van der Waals surface area contributed by atoms with Crippen LogP contribution in [0.15, 0.2) is 34.4 Å². The molecule has 0 aromatic rings. The predicted octanol–water partition coefficient (Wildman–Crippen LogP) is 9.63. The molecule has 0 N–H and O–H groups in total. The van der Waals surface area contributed by atoms with Gasteiger partial charge in [-0.15, -0.1) is 0 Å². The van der Waals surface area contributed by atoms with Crippen molar-refractivity contribution in [1.29, 1.82) is 0 Å². The molecule has 0 spiro atoms. The molecule has 178 valence electrons. The Kier molecular flexibility index (Phi) is 12.7. The van der Waals surface area contributed by atoms with Crippen LogP contribution in [-0.2, 0) is 4.79 Å². The molecule has 1 heteroatoms. The first-order valence-electron chi connectivity index (χ1n) is 13.2. The molecule has 31 heavy (non-hydrogen) atoms. The first-order chi connectivity index (χ1) is 14.5. The van der Waals surface area contributed by atoms with Crippen LogP contribution in [0.25, 0.3) is 0 Å². The van der Waals surface area contributed by atoms with Crippen LogP contribution in [0.2, 0.25) is 0 Å². The second-order valence-electron chi connectivity index (χ2n) is 11.2. The molecule has 3 atom stereocenters. The fourth-order valence-corrected chi connectivity index (χ4v) is 4.89. The van der Waals surface area contributed by atoms with Crippen molar-refractivity contribution in [3.05, 3.63) is 34.4 Å². The summed E-state index contributed by atoms with van der Waals surface area (Å²) in [5, 5.41) is 0. The summed E-state index contributed by atoms with van der Waals surface area (Å²) in [6, 6.07) is 0. The molecule has 0 saturated carbocycles. The van der Waals surface area contributed by atoms with Crippen LogP contribution in [0, 0.1) is 23.7 Å². The van der Waals surface area contributed by atoms with Gasteiger partial charge in [0, 0.05) is 11.1 Å². The molecule has 0 radical (unpaired) electrons. The van der Waals surface area contributed by atoms with E-state index in [1.54, 1.807) is 0 Å². The molecule has 1 aliphatic rings. The largest absolute Gasteiger partial charge is 0.289 e. The highest BCUT2D eigenvalue weighted by atomic mass is 16.1. The van der Waals surface area contributed by atoms with Gasteiger partial charge in [0.05, 0.1) is 0 Å². The molecule has 1 unspecified atom stereocenters. The van der Waals surface area contributed by atoms with Crippen molar-refractivity contribution in [2.45, 2.75) is 126 Å². The van der Waals surface area contributed by atoms with Gasteiger partial charge in [-0.1, -0.05) is 99.0 Å². The lowest BCUT2D eigenvalue weighted by molar-refractivity contribution is -0.112. The summed E-state index contributed by atoms with van der Waals surface area (Å²) in [5.74, 6) is 3.52. The van der Waals surface area contributed by atoms with Gasteiger partial charge in [0.2, 0.25) is 0 Å². The smallest absolute Gasteiger partial charge is 0.185 e. The van der Waals surface area contributed by atoms with Gasteiger partial charge in [-0.05, 0) is 74.0 Å². The number of carbonyl (C=O) groups excluding carboxylic acids is 1. The summed E-state index contributed by atoms with van der Waals surface area (Å²) in [4.78, 5) is 12.7. The van der Waals surface area contributed by atoms with Crippen LogP contribution in [-0.4, -0.2) is 5.78 Å². The summed E-state index contributed by atoms with van der Waals surface area (Å²) < 4.78 is 0. The van der Waals surface area contributed by atoms with Crippen LogP contribution >= 0.6 is 0 Å². The van der Waals surface area contributed by atoms with Gasteiger partial charge in [-0.3, -0.25) is 4.79 Å². The summed E-state index contributed by atoms with van der Waals surface area (Å²) in [7, 11) is 0. The van der Waals surface area contributed by atoms with Crippen LogP contribution in [0.5, 0.6) is 0 Å². The highest BCUT2D eigenvalue weighted by Gasteiger charge is 2.24. The number of carbonyl (C=O) groups is 1. The molecule has 1 aliphatic carbocycles. The minimum Gasteiger partial charge on any atom is -0.289 e. The molecular weight excluding hydrogens is 376 g/mol. The van der Waals surface area contributed by atoms with Gasteiger partial charge in [0.25, 0.3) is 0 Å². The number of hydrogen-bond donors (Lipinski definition) is 0. The van der Waals surface area contributed by atoms with E-state index in [0.717, 1.165) is 58.5 Å². The van der Waals surface area contributed by atoms with Crippen molar-refractivity contribution in [2.24, 2.45) is 23.7 Å². The summed E-state index contributed by atoms with van der Waals surface area (Å²) in [6.45, 7) is 22.1. The van der Waals surface area contributed by atoms with Crippen molar-refractivity contribution < 1.29 is 4.79 Å². The van der Waals surface area contributed by atoms with E-state index in [9.17, 15) is 4.79 Å². The SMILES string of the molecule is C=C1C(C)=C(C)C(=O)C(CCC(C)CCC[C@H](C)CCC[C@H](C)CCCC(C)C)=C1C. The topological polar surface area (TPSA) is 17.1 Å². The first-order valence-corrected chi connectivity index (χ1v) is 13.2. The van der Waals surface area contributed by atoms with Gasteiger partial charge in [-0.25, -0.2) is 0 Å². The van der Waals surface area contributed by atoms with Crippen LogP contribution in [0.3, 0.4) is 0 Å². The molecule has 0 aromatic carbocycles. The lowest BCUT2D eigenvalue weighted by Crippen LogP contribution is -2.15. The average molecular weight is 429 g/mol. The van der Waals surface area contributed by atoms with Crippen molar-refractivity contribution in [3.63, 3.8) is 0 Å². The monoisotopic (exact) mass is 428 g/mol. The summed E-state index contributed by atoms with van der Waals surface area (Å²) in [6.07, 6.45) is 14.3. The molecule has 0 saturated heterocycles. The Bertz CT molecular complexity index is 645. The summed E-state index contributed by atoms with van der Waals surface area (Å²) >= 11 is 0. The fraction of sp³-hybridized carbons (Fsp3) is 0.767. The van der Waals surface area contributed by atoms with Gasteiger partial charge in [-0.2, -0.15) is 0 Å². The minimum atomic E-state index is 0.252. The second-order valence-corrected chi connectivity index (χ2v) is 11.2. The Morgan fingerprint density at radius 3 is 1.48 bits per heavy atom. The second kappa shape index (κ2) is 14.1. The van der Waals surface area contributed by atoms with Crippen molar-refractivity contribution in [2.75, 3.05) is 0 Å². The van der Waals surface area contributed by atoms with E-state index in [-0.39, 0.29) is 5.78 Å². The van der Waals surface area contributed by atoms with E-state index >= 15 is 0 Å². The molecule has 0 fully saturated rings. The van der Waals surface area contributed by atoms with Crippen molar-refractivity contribution >= 4 is 5.78 Å². The van der Waals surface area contributed by atoms with E-state index < -0.39 is 0 Å². The third kappa shape index (κ3) is 9.92. The zero-order chi connectivity index (χ0) is 23.6. The zero-order valence-electron chi connectivity index (χ0n) is 22.2. The Hall–Kier alpha value is -1.11. The maximum atomic E-state index is 12.7. The number of hydrogen-bond acceptors (Lipinski definition) is 1. The predicted molar refractivity (Wildman–Crippen MR) is 138 cm³/mol. The third-order valence-electron chi connectivity index (χ3n) is 7.69. The molecule has 0 amide bonds.